The van der Waals surface area contributed by atoms with Gasteiger partial charge < -0.3 is 5.32 Å². The van der Waals surface area contributed by atoms with Gasteiger partial charge in [0, 0.05) is 10.7 Å². The van der Waals surface area contributed by atoms with Gasteiger partial charge in [0.25, 0.3) is 0 Å². The molecule has 3 heteroatoms. The van der Waals surface area contributed by atoms with E-state index in [0.29, 0.717) is 10.9 Å². The Morgan fingerprint density at radius 1 is 1.05 bits per heavy atom. The molecule has 0 aliphatic heterocycles. The number of halogens is 1. The van der Waals surface area contributed by atoms with Crippen LogP contribution in [0.2, 0.25) is 5.02 Å². The van der Waals surface area contributed by atoms with Crippen molar-refractivity contribution in [2.75, 3.05) is 5.32 Å². The maximum atomic E-state index is 7.84. The van der Waals surface area contributed by atoms with Crippen molar-refractivity contribution in [3.05, 3.63) is 70.8 Å². The molecule has 19 heavy (non-hydrogen) atoms. The van der Waals surface area contributed by atoms with Gasteiger partial charge in [-0.1, -0.05) is 47.5 Å². The Kier molecular flexibility index (Phi) is 4.37. The molecule has 2 nitrogen and oxygen atoms in total. The van der Waals surface area contributed by atoms with Crippen molar-refractivity contribution < 1.29 is 0 Å². The van der Waals surface area contributed by atoms with Crippen molar-refractivity contribution >= 4 is 29.2 Å². The Morgan fingerprint density at radius 3 is 2.32 bits per heavy atom. The van der Waals surface area contributed by atoms with E-state index >= 15 is 0 Å². The zero-order chi connectivity index (χ0) is 13.7. The van der Waals surface area contributed by atoms with Gasteiger partial charge in [-0.15, -0.1) is 0 Å². The van der Waals surface area contributed by atoms with Crippen molar-refractivity contribution in [3.63, 3.8) is 0 Å². The first-order valence-corrected chi connectivity index (χ1v) is 6.37. The maximum Gasteiger partial charge on any atom is 0.122 e. The van der Waals surface area contributed by atoms with Gasteiger partial charge in [-0.2, -0.15) is 0 Å². The van der Waals surface area contributed by atoms with E-state index in [0.717, 1.165) is 11.3 Å². The fourth-order valence-corrected chi connectivity index (χ4v) is 1.71. The molecule has 2 aromatic rings. The van der Waals surface area contributed by atoms with Gasteiger partial charge in [-0.25, -0.2) is 0 Å². The van der Waals surface area contributed by atoms with Crippen LogP contribution in [-0.4, -0.2) is 5.84 Å². The van der Waals surface area contributed by atoms with Crippen LogP contribution in [0.5, 0.6) is 0 Å². The SMILES string of the molecule is Cc1ccc(/C=C/C(=N)Nc2ccc(Cl)cc2)cc1. The lowest BCUT2D eigenvalue weighted by Crippen LogP contribution is -2.06. The van der Waals surface area contributed by atoms with E-state index in [1.54, 1.807) is 18.2 Å². The summed E-state index contributed by atoms with van der Waals surface area (Å²) in [6, 6.07) is 15.4. The Morgan fingerprint density at radius 2 is 1.68 bits per heavy atom. The molecule has 96 valence electrons. The van der Waals surface area contributed by atoms with Crippen LogP contribution in [0.4, 0.5) is 5.69 Å². The molecule has 0 atom stereocenters. The minimum atomic E-state index is 0.336. The summed E-state index contributed by atoms with van der Waals surface area (Å²) < 4.78 is 0. The van der Waals surface area contributed by atoms with Crippen LogP contribution >= 0.6 is 11.6 Å². The smallest absolute Gasteiger partial charge is 0.122 e. The van der Waals surface area contributed by atoms with E-state index < -0.39 is 0 Å². The molecule has 0 amide bonds. The Labute approximate surface area is 118 Å². The molecule has 0 unspecified atom stereocenters. The summed E-state index contributed by atoms with van der Waals surface area (Å²) in [5.41, 5.74) is 3.16. The fourth-order valence-electron chi connectivity index (χ4n) is 1.59. The third-order valence-corrected chi connectivity index (χ3v) is 2.90. The minimum Gasteiger partial charge on any atom is -0.341 e. The molecule has 0 aliphatic carbocycles. The lowest BCUT2D eigenvalue weighted by molar-refractivity contribution is 1.46. The molecule has 0 saturated carbocycles. The van der Waals surface area contributed by atoms with E-state index in [2.05, 4.69) is 24.4 Å². The highest BCUT2D eigenvalue weighted by Gasteiger charge is 1.94. The third kappa shape index (κ3) is 4.27. The highest BCUT2D eigenvalue weighted by Crippen LogP contribution is 2.13. The molecule has 0 saturated heterocycles. The van der Waals surface area contributed by atoms with E-state index in [1.807, 2.05) is 30.3 Å². The number of aryl methyl sites for hydroxylation is 1. The molecule has 0 heterocycles. The number of hydrogen-bond donors (Lipinski definition) is 2. The minimum absolute atomic E-state index is 0.336. The van der Waals surface area contributed by atoms with Gasteiger partial charge in [0.2, 0.25) is 0 Å². The first kappa shape index (κ1) is 13.4. The first-order valence-electron chi connectivity index (χ1n) is 5.99. The first-order chi connectivity index (χ1) is 9.13. The summed E-state index contributed by atoms with van der Waals surface area (Å²) >= 11 is 5.81. The number of anilines is 1. The van der Waals surface area contributed by atoms with Crippen LogP contribution in [0.3, 0.4) is 0 Å². The van der Waals surface area contributed by atoms with Crippen molar-refractivity contribution in [2.24, 2.45) is 0 Å². The summed E-state index contributed by atoms with van der Waals surface area (Å²) in [5, 5.41) is 11.5. The summed E-state index contributed by atoms with van der Waals surface area (Å²) in [4.78, 5) is 0. The van der Waals surface area contributed by atoms with E-state index in [9.17, 15) is 0 Å². The number of hydrogen-bond acceptors (Lipinski definition) is 1. The average molecular weight is 271 g/mol. The van der Waals surface area contributed by atoms with E-state index in [1.165, 1.54) is 5.56 Å². The lowest BCUT2D eigenvalue weighted by Gasteiger charge is -2.04. The van der Waals surface area contributed by atoms with Gasteiger partial charge in [0.15, 0.2) is 0 Å². The Hall–Kier alpha value is -2.06. The normalized spacial score (nSPS) is 10.6. The highest BCUT2D eigenvalue weighted by atomic mass is 35.5. The van der Waals surface area contributed by atoms with Crippen LogP contribution in [0.1, 0.15) is 11.1 Å². The van der Waals surface area contributed by atoms with E-state index in [4.69, 9.17) is 17.0 Å². The predicted octanol–water partition coefficient (Wildman–Crippen LogP) is 4.75. The second-order valence-electron chi connectivity index (χ2n) is 4.29. The molecule has 0 fully saturated rings. The summed E-state index contributed by atoms with van der Waals surface area (Å²) in [5.74, 6) is 0.336. The van der Waals surface area contributed by atoms with Crippen molar-refractivity contribution in [1.82, 2.24) is 0 Å². The second kappa shape index (κ2) is 6.21. The predicted molar refractivity (Wildman–Crippen MR) is 83.0 cm³/mol. The third-order valence-electron chi connectivity index (χ3n) is 2.64. The van der Waals surface area contributed by atoms with Crippen LogP contribution in [-0.2, 0) is 0 Å². The van der Waals surface area contributed by atoms with Gasteiger partial charge in [0.05, 0.1) is 0 Å². The Balaban J connectivity index is 1.97. The maximum absolute atomic E-state index is 7.84. The fraction of sp³-hybridized carbons (Fsp3) is 0.0625. The number of nitrogens with one attached hydrogen (secondary N) is 2. The average Bonchev–Trinajstić information content (AvgIpc) is 2.41. The van der Waals surface area contributed by atoms with Gasteiger partial charge in [-0.05, 0) is 42.8 Å². The van der Waals surface area contributed by atoms with Crippen LogP contribution < -0.4 is 5.32 Å². The summed E-state index contributed by atoms with van der Waals surface area (Å²) in [6.07, 6.45) is 3.64. The van der Waals surface area contributed by atoms with Gasteiger partial charge in [0.1, 0.15) is 5.84 Å². The van der Waals surface area contributed by atoms with Gasteiger partial charge >= 0.3 is 0 Å². The lowest BCUT2D eigenvalue weighted by atomic mass is 10.1. The molecule has 0 radical (unpaired) electrons. The zero-order valence-corrected chi connectivity index (χ0v) is 11.4. The topological polar surface area (TPSA) is 35.9 Å². The standard InChI is InChI=1S/C16H15ClN2/c1-12-2-4-13(5-3-12)6-11-16(18)19-15-9-7-14(17)8-10-15/h2-11H,1H3,(H2,18,19)/b11-6+. The molecular formula is C16H15ClN2. The molecular weight excluding hydrogens is 256 g/mol. The zero-order valence-electron chi connectivity index (χ0n) is 10.7. The van der Waals surface area contributed by atoms with Crippen LogP contribution in [0.15, 0.2) is 54.6 Å². The number of benzene rings is 2. The molecule has 0 aromatic heterocycles. The molecule has 0 spiro atoms. The Bertz CT molecular complexity index is 583. The van der Waals surface area contributed by atoms with Crippen LogP contribution in [0.25, 0.3) is 6.08 Å². The summed E-state index contributed by atoms with van der Waals surface area (Å²) in [7, 11) is 0. The molecule has 0 aliphatic rings. The monoisotopic (exact) mass is 270 g/mol. The largest absolute Gasteiger partial charge is 0.341 e. The second-order valence-corrected chi connectivity index (χ2v) is 4.73. The molecule has 2 rings (SSSR count). The highest BCUT2D eigenvalue weighted by molar-refractivity contribution is 6.30. The van der Waals surface area contributed by atoms with Crippen molar-refractivity contribution in [1.29, 1.82) is 5.41 Å². The number of amidine groups is 1. The molecule has 2 aromatic carbocycles. The quantitative estimate of drug-likeness (QED) is 0.613. The number of rotatable bonds is 3. The molecule has 2 N–H and O–H groups in total. The van der Waals surface area contributed by atoms with Crippen molar-refractivity contribution in [2.45, 2.75) is 6.92 Å². The molecule has 0 bridgehead atoms. The van der Waals surface area contributed by atoms with E-state index in [-0.39, 0.29) is 0 Å². The van der Waals surface area contributed by atoms with Crippen LogP contribution in [0, 0.1) is 12.3 Å². The van der Waals surface area contributed by atoms with Gasteiger partial charge in [-0.3, -0.25) is 5.41 Å². The van der Waals surface area contributed by atoms with Crippen molar-refractivity contribution in [3.8, 4) is 0 Å². The summed E-state index contributed by atoms with van der Waals surface area (Å²) in [6.45, 7) is 2.05.